The molecule has 0 N–H and O–H groups in total. The number of likely N-dealkylation sites (tertiary alicyclic amines) is 1. The minimum atomic E-state index is 0.358. The lowest BCUT2D eigenvalue weighted by Gasteiger charge is -2.38. The Labute approximate surface area is 132 Å². The summed E-state index contributed by atoms with van der Waals surface area (Å²) in [7, 11) is 0. The molecule has 5 heteroatoms. The molecule has 4 heterocycles. The Bertz CT molecular complexity index is 478. The fourth-order valence-electron chi connectivity index (χ4n) is 3.99. The Morgan fingerprint density at radius 3 is 2.86 bits per heavy atom. The molecule has 3 fully saturated rings. The lowest BCUT2D eigenvalue weighted by Crippen LogP contribution is -2.52. The van der Waals surface area contributed by atoms with Gasteiger partial charge in [-0.15, -0.1) is 0 Å². The summed E-state index contributed by atoms with van der Waals surface area (Å²) in [5.74, 6) is 0. The fourth-order valence-corrected chi connectivity index (χ4v) is 3.99. The van der Waals surface area contributed by atoms with Gasteiger partial charge in [-0.05, 0) is 30.5 Å². The molecular weight excluding hydrogens is 278 g/mol. The third-order valence-electron chi connectivity index (χ3n) is 5.11. The van der Waals surface area contributed by atoms with Gasteiger partial charge in [-0.25, -0.2) is 0 Å². The largest absolute Gasteiger partial charge is 0.377 e. The van der Waals surface area contributed by atoms with E-state index in [2.05, 4.69) is 26.9 Å². The summed E-state index contributed by atoms with van der Waals surface area (Å²) >= 11 is 0. The van der Waals surface area contributed by atoms with E-state index < -0.39 is 0 Å². The second kappa shape index (κ2) is 6.62. The van der Waals surface area contributed by atoms with E-state index in [4.69, 9.17) is 9.47 Å². The quantitative estimate of drug-likeness (QED) is 0.834. The molecule has 0 saturated carbocycles. The molecule has 0 radical (unpaired) electrons. The minimum Gasteiger partial charge on any atom is -0.377 e. The molecule has 22 heavy (non-hydrogen) atoms. The molecule has 0 aliphatic carbocycles. The Hall–Kier alpha value is -1.01. The van der Waals surface area contributed by atoms with Crippen molar-refractivity contribution >= 4 is 0 Å². The van der Waals surface area contributed by atoms with Crippen molar-refractivity contribution in [1.82, 2.24) is 14.8 Å². The summed E-state index contributed by atoms with van der Waals surface area (Å²) in [6.45, 7) is 7.05. The number of fused-ring (bicyclic) bond motifs is 1. The van der Waals surface area contributed by atoms with E-state index in [9.17, 15) is 0 Å². The second-order valence-corrected chi connectivity index (χ2v) is 6.66. The number of nitrogens with zero attached hydrogens (tertiary/aromatic N) is 3. The molecule has 120 valence electrons. The Morgan fingerprint density at radius 2 is 2.05 bits per heavy atom. The van der Waals surface area contributed by atoms with Crippen molar-refractivity contribution < 1.29 is 9.47 Å². The van der Waals surface area contributed by atoms with E-state index in [1.54, 1.807) is 0 Å². The highest BCUT2D eigenvalue weighted by atomic mass is 16.5. The van der Waals surface area contributed by atoms with Gasteiger partial charge in [0.15, 0.2) is 0 Å². The molecule has 0 amide bonds. The van der Waals surface area contributed by atoms with Crippen molar-refractivity contribution in [2.24, 2.45) is 0 Å². The average molecular weight is 303 g/mol. The van der Waals surface area contributed by atoms with Gasteiger partial charge >= 0.3 is 0 Å². The van der Waals surface area contributed by atoms with Crippen LogP contribution in [0.5, 0.6) is 0 Å². The van der Waals surface area contributed by atoms with Crippen molar-refractivity contribution in [3.05, 3.63) is 30.1 Å². The van der Waals surface area contributed by atoms with Crippen LogP contribution in [0, 0.1) is 0 Å². The van der Waals surface area contributed by atoms with Gasteiger partial charge in [-0.3, -0.25) is 14.8 Å². The maximum absolute atomic E-state index is 6.03. The molecule has 0 unspecified atom stereocenters. The summed E-state index contributed by atoms with van der Waals surface area (Å²) < 4.78 is 11.9. The summed E-state index contributed by atoms with van der Waals surface area (Å²) in [5, 5.41) is 0. The molecule has 0 aromatic carbocycles. The van der Waals surface area contributed by atoms with Crippen molar-refractivity contribution in [3.8, 4) is 0 Å². The van der Waals surface area contributed by atoms with Crippen LogP contribution in [0.25, 0.3) is 0 Å². The van der Waals surface area contributed by atoms with Crippen LogP contribution in [0.4, 0.5) is 0 Å². The standard InChI is InChI=1S/C17H25N3O2/c1-2-15(21-8-1)11-20-7-9-22-17-13-19(12-16(17)20)10-14-3-5-18-6-4-14/h3-6,15-17H,1-2,7-13H2/t15-,16-,17+/m1/s1. The monoisotopic (exact) mass is 303 g/mol. The first-order valence-electron chi connectivity index (χ1n) is 8.47. The molecule has 3 atom stereocenters. The van der Waals surface area contributed by atoms with Crippen LogP contribution < -0.4 is 0 Å². The van der Waals surface area contributed by atoms with Gasteiger partial charge in [0.1, 0.15) is 0 Å². The molecule has 5 nitrogen and oxygen atoms in total. The topological polar surface area (TPSA) is 37.8 Å². The average Bonchev–Trinajstić information content (AvgIpc) is 3.18. The zero-order chi connectivity index (χ0) is 14.8. The molecule has 1 aromatic rings. The Balaban J connectivity index is 1.37. The normalized spacial score (nSPS) is 33.2. The first kappa shape index (κ1) is 14.6. The van der Waals surface area contributed by atoms with Gasteiger partial charge in [0.2, 0.25) is 0 Å². The molecule has 1 aromatic heterocycles. The summed E-state index contributed by atoms with van der Waals surface area (Å²) in [6.07, 6.45) is 6.98. The molecule has 0 bridgehead atoms. The third kappa shape index (κ3) is 3.18. The van der Waals surface area contributed by atoms with Crippen LogP contribution in [0.3, 0.4) is 0 Å². The van der Waals surface area contributed by atoms with Crippen LogP contribution in [0.15, 0.2) is 24.5 Å². The Kier molecular flexibility index (Phi) is 4.39. The number of pyridine rings is 1. The SMILES string of the molecule is c1cc(CN2C[C@@H]3OCCN(C[C@H]4CCCO4)[C@@H]3C2)ccn1. The molecule has 3 aliphatic rings. The van der Waals surface area contributed by atoms with Crippen molar-refractivity contribution in [1.29, 1.82) is 0 Å². The van der Waals surface area contributed by atoms with Crippen LogP contribution in [0.1, 0.15) is 18.4 Å². The molecular formula is C17H25N3O2. The molecule has 0 spiro atoms. The predicted molar refractivity (Wildman–Crippen MR) is 83.6 cm³/mol. The highest BCUT2D eigenvalue weighted by Crippen LogP contribution is 2.26. The maximum atomic E-state index is 6.03. The number of aromatic nitrogens is 1. The van der Waals surface area contributed by atoms with Gasteiger partial charge in [-0.2, -0.15) is 0 Å². The van der Waals surface area contributed by atoms with Crippen molar-refractivity contribution in [2.45, 2.75) is 37.6 Å². The number of ether oxygens (including phenoxy) is 2. The number of morpholine rings is 1. The van der Waals surface area contributed by atoms with Gasteiger partial charge < -0.3 is 9.47 Å². The van der Waals surface area contributed by atoms with Gasteiger partial charge in [0.25, 0.3) is 0 Å². The summed E-state index contributed by atoms with van der Waals surface area (Å²) in [6, 6.07) is 4.74. The van der Waals surface area contributed by atoms with Crippen LogP contribution in [-0.4, -0.2) is 72.4 Å². The van der Waals surface area contributed by atoms with E-state index in [1.807, 2.05) is 12.4 Å². The van der Waals surface area contributed by atoms with Crippen molar-refractivity contribution in [3.63, 3.8) is 0 Å². The van der Waals surface area contributed by atoms with Crippen LogP contribution in [-0.2, 0) is 16.0 Å². The second-order valence-electron chi connectivity index (χ2n) is 6.66. The van der Waals surface area contributed by atoms with E-state index >= 15 is 0 Å². The van der Waals surface area contributed by atoms with E-state index in [1.165, 1.54) is 18.4 Å². The number of rotatable bonds is 4. The van der Waals surface area contributed by atoms with Crippen molar-refractivity contribution in [2.75, 3.05) is 39.4 Å². The van der Waals surface area contributed by atoms with Crippen LogP contribution >= 0.6 is 0 Å². The number of hydrogen-bond donors (Lipinski definition) is 0. The zero-order valence-corrected chi connectivity index (χ0v) is 13.1. The van der Waals surface area contributed by atoms with Crippen LogP contribution in [0.2, 0.25) is 0 Å². The molecule has 4 rings (SSSR count). The van der Waals surface area contributed by atoms with E-state index in [-0.39, 0.29) is 0 Å². The zero-order valence-electron chi connectivity index (χ0n) is 13.1. The van der Waals surface area contributed by atoms with Gasteiger partial charge in [0, 0.05) is 57.8 Å². The predicted octanol–water partition coefficient (Wildman–Crippen LogP) is 1.15. The Morgan fingerprint density at radius 1 is 1.14 bits per heavy atom. The highest BCUT2D eigenvalue weighted by Gasteiger charge is 2.40. The maximum Gasteiger partial charge on any atom is 0.0870 e. The number of hydrogen-bond acceptors (Lipinski definition) is 5. The summed E-state index contributed by atoms with van der Waals surface area (Å²) in [4.78, 5) is 9.22. The molecule has 3 aliphatic heterocycles. The fraction of sp³-hybridized carbons (Fsp3) is 0.706. The molecule has 3 saturated heterocycles. The van der Waals surface area contributed by atoms with Gasteiger partial charge in [-0.1, -0.05) is 0 Å². The van der Waals surface area contributed by atoms with Gasteiger partial charge in [0.05, 0.1) is 18.8 Å². The lowest BCUT2D eigenvalue weighted by molar-refractivity contribution is -0.0615. The lowest BCUT2D eigenvalue weighted by atomic mass is 10.1. The first-order valence-corrected chi connectivity index (χ1v) is 8.47. The minimum absolute atomic E-state index is 0.358. The highest BCUT2D eigenvalue weighted by molar-refractivity contribution is 5.10. The van der Waals surface area contributed by atoms with E-state index in [0.717, 1.165) is 45.9 Å². The third-order valence-corrected chi connectivity index (χ3v) is 5.11. The first-order chi connectivity index (χ1) is 10.9. The smallest absolute Gasteiger partial charge is 0.0870 e. The van der Waals surface area contributed by atoms with E-state index in [0.29, 0.717) is 18.2 Å². The summed E-state index contributed by atoms with van der Waals surface area (Å²) in [5.41, 5.74) is 1.33.